The number of anilines is 1. The normalized spacial score (nSPS) is 11.0. The Kier molecular flexibility index (Phi) is 5.42. The fourth-order valence-electron chi connectivity index (χ4n) is 2.14. The summed E-state index contributed by atoms with van der Waals surface area (Å²) in [7, 11) is 4.00. The summed E-state index contributed by atoms with van der Waals surface area (Å²) < 4.78 is 1.66. The van der Waals surface area contributed by atoms with Crippen LogP contribution < -0.4 is 5.32 Å². The van der Waals surface area contributed by atoms with Crippen molar-refractivity contribution < 1.29 is 4.79 Å². The second-order valence-electron chi connectivity index (χ2n) is 5.62. The number of halogens is 1. The molecule has 0 aliphatic carbocycles. The fourth-order valence-corrected chi connectivity index (χ4v) is 3.07. The van der Waals surface area contributed by atoms with Crippen LogP contribution in [0.1, 0.15) is 15.4 Å². The van der Waals surface area contributed by atoms with E-state index in [0.29, 0.717) is 15.7 Å². The van der Waals surface area contributed by atoms with Gasteiger partial charge in [-0.3, -0.25) is 10.1 Å². The van der Waals surface area contributed by atoms with Crippen LogP contribution in [-0.4, -0.2) is 51.4 Å². The van der Waals surface area contributed by atoms with Gasteiger partial charge in [0, 0.05) is 25.4 Å². The standard InChI is InChI=1S/C16H17ClN6OS/c1-22(2)9-6-14-20-21-16(25-14)19-15(24)12-10-11(4-5-13(12)17)23-8-3-7-18-23/h3-5,7-8,10H,6,9H2,1-2H3,(H,19,21,24). The molecule has 0 aliphatic rings. The SMILES string of the molecule is CN(C)CCc1nnc(NC(=O)c2cc(-n3cccn3)ccc2Cl)s1. The van der Waals surface area contributed by atoms with Crippen LogP contribution in [0.4, 0.5) is 5.13 Å². The van der Waals surface area contributed by atoms with Crippen LogP contribution in [-0.2, 0) is 6.42 Å². The van der Waals surface area contributed by atoms with Gasteiger partial charge in [-0.05, 0) is 38.4 Å². The second-order valence-corrected chi connectivity index (χ2v) is 7.09. The van der Waals surface area contributed by atoms with E-state index in [1.165, 1.54) is 11.3 Å². The molecule has 1 aromatic carbocycles. The highest BCUT2D eigenvalue weighted by atomic mass is 35.5. The molecule has 2 aromatic heterocycles. The van der Waals surface area contributed by atoms with Crippen LogP contribution in [0.25, 0.3) is 5.69 Å². The quantitative estimate of drug-likeness (QED) is 0.715. The van der Waals surface area contributed by atoms with Gasteiger partial charge in [0.1, 0.15) is 5.01 Å². The maximum Gasteiger partial charge on any atom is 0.259 e. The minimum absolute atomic E-state index is 0.325. The Balaban J connectivity index is 1.74. The first kappa shape index (κ1) is 17.5. The lowest BCUT2D eigenvalue weighted by atomic mass is 10.2. The van der Waals surface area contributed by atoms with E-state index in [4.69, 9.17) is 11.6 Å². The monoisotopic (exact) mass is 376 g/mol. The van der Waals surface area contributed by atoms with Crippen molar-refractivity contribution in [2.75, 3.05) is 26.0 Å². The van der Waals surface area contributed by atoms with E-state index < -0.39 is 0 Å². The van der Waals surface area contributed by atoms with Crippen LogP contribution in [0.3, 0.4) is 0 Å². The minimum Gasteiger partial charge on any atom is -0.309 e. The van der Waals surface area contributed by atoms with Gasteiger partial charge in [-0.25, -0.2) is 4.68 Å². The molecular formula is C16H17ClN6OS. The molecule has 0 fully saturated rings. The van der Waals surface area contributed by atoms with Crippen molar-refractivity contribution >= 4 is 34.0 Å². The molecule has 0 unspecified atom stereocenters. The number of nitrogens with one attached hydrogen (secondary N) is 1. The Labute approximate surface area is 154 Å². The molecule has 0 radical (unpaired) electrons. The number of carbonyl (C=O) groups excluding carboxylic acids is 1. The van der Waals surface area contributed by atoms with Crippen LogP contribution in [0.5, 0.6) is 0 Å². The molecule has 3 rings (SSSR count). The zero-order chi connectivity index (χ0) is 17.8. The molecule has 2 heterocycles. The third kappa shape index (κ3) is 4.41. The van der Waals surface area contributed by atoms with Crippen LogP contribution in [0.2, 0.25) is 5.02 Å². The van der Waals surface area contributed by atoms with E-state index in [-0.39, 0.29) is 5.91 Å². The molecule has 0 spiro atoms. The number of hydrogen-bond acceptors (Lipinski definition) is 6. The lowest BCUT2D eigenvalue weighted by Gasteiger charge is -2.07. The van der Waals surface area contributed by atoms with Gasteiger partial charge >= 0.3 is 0 Å². The molecule has 0 saturated carbocycles. The topological polar surface area (TPSA) is 75.9 Å². The van der Waals surface area contributed by atoms with E-state index >= 15 is 0 Å². The number of rotatable bonds is 6. The Morgan fingerprint density at radius 3 is 2.92 bits per heavy atom. The largest absolute Gasteiger partial charge is 0.309 e. The third-order valence-corrected chi connectivity index (χ3v) is 4.65. The third-order valence-electron chi connectivity index (χ3n) is 3.42. The Morgan fingerprint density at radius 1 is 1.36 bits per heavy atom. The summed E-state index contributed by atoms with van der Waals surface area (Å²) in [6.07, 6.45) is 4.26. The van der Waals surface area contributed by atoms with Crippen molar-refractivity contribution in [3.63, 3.8) is 0 Å². The highest BCUT2D eigenvalue weighted by molar-refractivity contribution is 7.15. The predicted octanol–water partition coefficient (Wildman–Crippen LogP) is 2.73. The van der Waals surface area contributed by atoms with E-state index in [0.717, 1.165) is 23.7 Å². The lowest BCUT2D eigenvalue weighted by molar-refractivity contribution is 0.102. The first-order valence-corrected chi connectivity index (χ1v) is 8.80. The maximum absolute atomic E-state index is 12.5. The van der Waals surface area contributed by atoms with Gasteiger partial charge < -0.3 is 4.90 Å². The van der Waals surface area contributed by atoms with Crippen molar-refractivity contribution in [1.29, 1.82) is 0 Å². The number of amides is 1. The van der Waals surface area contributed by atoms with Gasteiger partial charge in [0.2, 0.25) is 5.13 Å². The summed E-state index contributed by atoms with van der Waals surface area (Å²) in [5, 5.41) is 16.7. The van der Waals surface area contributed by atoms with Gasteiger partial charge in [-0.15, -0.1) is 10.2 Å². The lowest BCUT2D eigenvalue weighted by Crippen LogP contribution is -2.14. The van der Waals surface area contributed by atoms with Crippen molar-refractivity contribution in [1.82, 2.24) is 24.9 Å². The van der Waals surface area contributed by atoms with E-state index in [1.807, 2.05) is 20.2 Å². The summed E-state index contributed by atoms with van der Waals surface area (Å²) >= 11 is 7.54. The minimum atomic E-state index is -0.325. The molecule has 0 atom stereocenters. The molecule has 25 heavy (non-hydrogen) atoms. The summed E-state index contributed by atoms with van der Waals surface area (Å²) in [4.78, 5) is 14.6. The highest BCUT2D eigenvalue weighted by Gasteiger charge is 2.15. The van der Waals surface area contributed by atoms with Gasteiger partial charge in [-0.1, -0.05) is 22.9 Å². The van der Waals surface area contributed by atoms with E-state index in [9.17, 15) is 4.79 Å². The molecule has 130 valence electrons. The number of benzene rings is 1. The van der Waals surface area contributed by atoms with Crippen LogP contribution in [0, 0.1) is 0 Å². The van der Waals surface area contributed by atoms with Gasteiger partial charge in [-0.2, -0.15) is 5.10 Å². The first-order valence-electron chi connectivity index (χ1n) is 7.61. The fraction of sp³-hybridized carbons (Fsp3) is 0.250. The maximum atomic E-state index is 12.5. The number of nitrogens with zero attached hydrogens (tertiary/aromatic N) is 5. The number of likely N-dealkylation sites (N-methyl/N-ethyl adjacent to an activating group) is 1. The summed E-state index contributed by atoms with van der Waals surface area (Å²) in [6, 6.07) is 6.98. The van der Waals surface area contributed by atoms with Crippen molar-refractivity contribution in [3.8, 4) is 5.69 Å². The number of hydrogen-bond donors (Lipinski definition) is 1. The smallest absolute Gasteiger partial charge is 0.259 e. The molecule has 7 nitrogen and oxygen atoms in total. The summed E-state index contributed by atoms with van der Waals surface area (Å²) in [5.74, 6) is -0.325. The number of aromatic nitrogens is 4. The Hall–Kier alpha value is -2.29. The van der Waals surface area contributed by atoms with Crippen molar-refractivity contribution in [3.05, 3.63) is 52.3 Å². The molecule has 1 amide bonds. The average molecular weight is 377 g/mol. The summed E-state index contributed by atoms with van der Waals surface area (Å²) in [6.45, 7) is 0.875. The summed E-state index contributed by atoms with van der Waals surface area (Å²) in [5.41, 5.74) is 1.11. The molecule has 0 aliphatic heterocycles. The Bertz CT molecular complexity index is 861. The molecule has 0 saturated heterocycles. The first-order chi connectivity index (χ1) is 12.0. The van der Waals surface area contributed by atoms with Gasteiger partial charge in [0.25, 0.3) is 5.91 Å². The van der Waals surface area contributed by atoms with E-state index in [2.05, 4.69) is 25.5 Å². The molecule has 1 N–H and O–H groups in total. The van der Waals surface area contributed by atoms with Gasteiger partial charge in [0.05, 0.1) is 16.3 Å². The van der Waals surface area contributed by atoms with E-state index in [1.54, 1.807) is 35.3 Å². The zero-order valence-corrected chi connectivity index (χ0v) is 15.4. The second kappa shape index (κ2) is 7.73. The average Bonchev–Trinajstić information content (AvgIpc) is 3.25. The Morgan fingerprint density at radius 2 is 2.20 bits per heavy atom. The van der Waals surface area contributed by atoms with Gasteiger partial charge in [0.15, 0.2) is 0 Å². The predicted molar refractivity (Wildman–Crippen MR) is 98.7 cm³/mol. The molecule has 0 bridgehead atoms. The molecule has 9 heteroatoms. The van der Waals surface area contributed by atoms with Crippen LogP contribution >= 0.6 is 22.9 Å². The van der Waals surface area contributed by atoms with Crippen LogP contribution in [0.15, 0.2) is 36.7 Å². The zero-order valence-electron chi connectivity index (χ0n) is 13.8. The van der Waals surface area contributed by atoms with Crippen molar-refractivity contribution in [2.24, 2.45) is 0 Å². The molecule has 3 aromatic rings. The van der Waals surface area contributed by atoms with Crippen molar-refractivity contribution in [2.45, 2.75) is 6.42 Å². The highest BCUT2D eigenvalue weighted by Crippen LogP contribution is 2.22. The number of carbonyl (C=O) groups is 1. The molecular weight excluding hydrogens is 360 g/mol.